The van der Waals surface area contributed by atoms with Crippen LogP contribution in [0.15, 0.2) is 22.7 Å². The number of hydrogen-bond donors (Lipinski definition) is 2. The molecule has 2 N–H and O–H groups in total. The van der Waals surface area contributed by atoms with Gasteiger partial charge in [-0.25, -0.2) is 13.6 Å². The molecule has 0 spiro atoms. The lowest BCUT2D eigenvalue weighted by Crippen LogP contribution is -2.28. The molecule has 0 saturated heterocycles. The number of carbonyl (C=O) groups is 1. The first-order chi connectivity index (χ1) is 12.9. The van der Waals surface area contributed by atoms with E-state index >= 15 is 0 Å². The van der Waals surface area contributed by atoms with Crippen molar-refractivity contribution in [2.45, 2.75) is 69.7 Å². The summed E-state index contributed by atoms with van der Waals surface area (Å²) < 4.78 is 29.2. The lowest BCUT2D eigenvalue weighted by molar-refractivity contribution is -0.118. The van der Waals surface area contributed by atoms with Gasteiger partial charge in [-0.1, -0.05) is 27.7 Å². The van der Waals surface area contributed by atoms with E-state index < -0.39 is 22.5 Å². The zero-order chi connectivity index (χ0) is 21.2. The first-order valence-corrected chi connectivity index (χ1v) is 11.1. The first kappa shape index (κ1) is 22.6. The van der Waals surface area contributed by atoms with Gasteiger partial charge < -0.3 is 5.11 Å². The fourth-order valence-corrected chi connectivity index (χ4v) is 4.74. The van der Waals surface area contributed by atoms with Crippen LogP contribution in [0.25, 0.3) is 0 Å². The van der Waals surface area contributed by atoms with Gasteiger partial charge in [0.15, 0.2) is 11.0 Å². The molecule has 28 heavy (non-hydrogen) atoms. The highest BCUT2D eigenvalue weighted by Gasteiger charge is 2.23. The van der Waals surface area contributed by atoms with Crippen LogP contribution in [-0.4, -0.2) is 20.2 Å². The van der Waals surface area contributed by atoms with Gasteiger partial charge in [-0.15, -0.1) is 11.3 Å². The number of amides is 1. The van der Waals surface area contributed by atoms with Gasteiger partial charge in [0.25, 0.3) is 0 Å². The maximum absolute atomic E-state index is 14.0. The molecule has 0 aliphatic heterocycles. The molecule has 1 heterocycles. The molecule has 5 nitrogen and oxygen atoms in total. The molecule has 154 valence electrons. The minimum atomic E-state index is -1.82. The Kier molecular flexibility index (Phi) is 7.12. The molecule has 8 heteroatoms. The second kappa shape index (κ2) is 8.80. The van der Waals surface area contributed by atoms with Crippen molar-refractivity contribution in [3.05, 3.63) is 45.7 Å². The normalized spacial score (nSPS) is 13.2. The topological polar surface area (TPSA) is 79.3 Å². The highest BCUT2D eigenvalue weighted by Crippen LogP contribution is 2.30. The summed E-state index contributed by atoms with van der Waals surface area (Å²) in [6.07, 6.45) is 1.47. The van der Waals surface area contributed by atoms with Crippen LogP contribution < -0.4 is 4.72 Å². The number of nitrogens with zero attached hydrogens (tertiary/aromatic N) is 1. The largest absolute Gasteiger partial charge is 0.385 e. The van der Waals surface area contributed by atoms with Crippen molar-refractivity contribution in [1.29, 1.82) is 0 Å². The maximum atomic E-state index is 14.0. The molecule has 1 aromatic heterocycles. The second-order valence-electron chi connectivity index (χ2n) is 7.89. The summed E-state index contributed by atoms with van der Waals surface area (Å²) in [6, 6.07) is 2.93. The molecular weight excluding hydrogens is 399 g/mol. The molecule has 1 aromatic carbocycles. The van der Waals surface area contributed by atoms with Crippen LogP contribution in [0.2, 0.25) is 0 Å². The monoisotopic (exact) mass is 426 g/mol. The van der Waals surface area contributed by atoms with Crippen LogP contribution in [-0.2, 0) is 27.8 Å². The Morgan fingerprint density at radius 3 is 2.21 bits per heavy atom. The summed E-state index contributed by atoms with van der Waals surface area (Å²) in [5.74, 6) is -0.638. The Morgan fingerprint density at radius 1 is 1.25 bits per heavy atom. The quantitative estimate of drug-likeness (QED) is 0.697. The maximum Gasteiger partial charge on any atom is 0.236 e. The Hall–Kier alpha value is -1.64. The van der Waals surface area contributed by atoms with E-state index in [-0.39, 0.29) is 28.4 Å². The van der Waals surface area contributed by atoms with Crippen LogP contribution in [0, 0.1) is 5.82 Å². The van der Waals surface area contributed by atoms with Gasteiger partial charge in [0, 0.05) is 6.20 Å². The third-order valence-electron chi connectivity index (χ3n) is 4.32. The van der Waals surface area contributed by atoms with E-state index in [0.717, 1.165) is 28.0 Å². The molecule has 2 aromatic rings. The number of aliphatic hydroxyl groups is 1. The van der Waals surface area contributed by atoms with Gasteiger partial charge in [0.2, 0.25) is 10.2 Å². The SMILES string of the molecule is CC(C)c1cc(F)cc(C(C)C)c1CC(=O)NS(=O)c1ncc(C(C)(C)O)s1. The van der Waals surface area contributed by atoms with Gasteiger partial charge in [-0.2, -0.15) is 0 Å². The Morgan fingerprint density at radius 2 is 1.79 bits per heavy atom. The van der Waals surface area contributed by atoms with E-state index in [9.17, 15) is 18.5 Å². The average molecular weight is 427 g/mol. The summed E-state index contributed by atoms with van der Waals surface area (Å²) in [5.41, 5.74) is 1.25. The highest BCUT2D eigenvalue weighted by atomic mass is 32.2. The van der Waals surface area contributed by atoms with E-state index in [1.165, 1.54) is 18.3 Å². The Bertz CT molecular complexity index is 857. The smallest absolute Gasteiger partial charge is 0.236 e. The summed E-state index contributed by atoms with van der Waals surface area (Å²) in [6.45, 7) is 11.0. The lowest BCUT2D eigenvalue weighted by atomic mass is 9.87. The van der Waals surface area contributed by atoms with Crippen LogP contribution in [0.5, 0.6) is 0 Å². The predicted molar refractivity (Wildman–Crippen MR) is 110 cm³/mol. The number of rotatable bonds is 7. The fraction of sp³-hybridized carbons (Fsp3) is 0.500. The van der Waals surface area contributed by atoms with E-state index in [4.69, 9.17) is 0 Å². The zero-order valence-corrected chi connectivity index (χ0v) is 18.6. The molecular formula is C20H27FN2O3S2. The highest BCUT2D eigenvalue weighted by molar-refractivity contribution is 7.85. The number of aromatic nitrogens is 1. The number of thiazole rings is 1. The van der Waals surface area contributed by atoms with Gasteiger partial charge in [0.1, 0.15) is 5.82 Å². The molecule has 0 bridgehead atoms. The first-order valence-electron chi connectivity index (χ1n) is 9.12. The van der Waals surface area contributed by atoms with Crippen LogP contribution in [0.3, 0.4) is 0 Å². The van der Waals surface area contributed by atoms with Gasteiger partial charge in [0.05, 0.1) is 16.9 Å². The van der Waals surface area contributed by atoms with Crippen LogP contribution in [0.4, 0.5) is 4.39 Å². The Balaban J connectivity index is 2.23. The van der Waals surface area contributed by atoms with Crippen molar-refractivity contribution in [1.82, 2.24) is 9.71 Å². The summed E-state index contributed by atoms with van der Waals surface area (Å²) in [5, 5.41) is 10.0. The van der Waals surface area contributed by atoms with Crippen molar-refractivity contribution >= 4 is 28.2 Å². The van der Waals surface area contributed by atoms with Gasteiger partial charge in [-0.05, 0) is 54.5 Å². The molecule has 1 amide bonds. The van der Waals surface area contributed by atoms with E-state index in [1.54, 1.807) is 13.8 Å². The third-order valence-corrected chi connectivity index (χ3v) is 6.96. The van der Waals surface area contributed by atoms with Crippen LogP contribution in [0.1, 0.15) is 74.9 Å². The van der Waals surface area contributed by atoms with E-state index in [0.29, 0.717) is 4.88 Å². The number of carbonyl (C=O) groups excluding carboxylic acids is 1. The molecule has 2 rings (SSSR count). The molecule has 0 aliphatic carbocycles. The number of benzene rings is 1. The van der Waals surface area contributed by atoms with Gasteiger partial charge >= 0.3 is 0 Å². The Labute approximate surface area is 172 Å². The third kappa shape index (κ3) is 5.46. The van der Waals surface area contributed by atoms with Crippen molar-refractivity contribution in [2.24, 2.45) is 0 Å². The summed E-state index contributed by atoms with van der Waals surface area (Å²) in [7, 11) is -1.82. The molecule has 0 aliphatic rings. The zero-order valence-electron chi connectivity index (χ0n) is 17.0. The number of nitrogens with one attached hydrogen (secondary N) is 1. The lowest BCUT2D eigenvalue weighted by Gasteiger charge is -2.19. The minimum absolute atomic E-state index is 0.0107. The summed E-state index contributed by atoms with van der Waals surface area (Å²) >= 11 is 1.09. The molecule has 1 atom stereocenters. The number of halogens is 1. The molecule has 1 unspecified atom stereocenters. The molecule has 0 saturated carbocycles. The van der Waals surface area contributed by atoms with E-state index in [2.05, 4.69) is 9.71 Å². The average Bonchev–Trinajstić information content (AvgIpc) is 3.06. The van der Waals surface area contributed by atoms with Gasteiger partial charge in [-0.3, -0.25) is 9.52 Å². The minimum Gasteiger partial charge on any atom is -0.385 e. The van der Waals surface area contributed by atoms with Crippen molar-refractivity contribution in [3.8, 4) is 0 Å². The van der Waals surface area contributed by atoms with Crippen molar-refractivity contribution < 1.29 is 18.5 Å². The molecule has 0 radical (unpaired) electrons. The van der Waals surface area contributed by atoms with E-state index in [1.807, 2.05) is 27.7 Å². The molecule has 0 fully saturated rings. The van der Waals surface area contributed by atoms with Crippen molar-refractivity contribution in [3.63, 3.8) is 0 Å². The van der Waals surface area contributed by atoms with Crippen molar-refractivity contribution in [2.75, 3.05) is 0 Å². The standard InChI is InChI=1S/C20H27FN2O3S2/c1-11(2)14-7-13(21)8-15(12(3)4)16(14)9-18(24)23-28(26)19-22-10-17(27-19)20(5,6)25/h7-8,10-12,25H,9H2,1-6H3,(H,23,24). The predicted octanol–water partition coefficient (Wildman–Crippen LogP) is 4.14. The number of hydrogen-bond acceptors (Lipinski definition) is 5. The summed E-state index contributed by atoms with van der Waals surface area (Å²) in [4.78, 5) is 17.2. The fourth-order valence-electron chi connectivity index (χ4n) is 2.88. The second-order valence-corrected chi connectivity index (χ2v) is 10.3. The van der Waals surface area contributed by atoms with Crippen LogP contribution >= 0.6 is 11.3 Å².